The van der Waals surface area contributed by atoms with Crippen molar-refractivity contribution in [2.45, 2.75) is 19.8 Å². The lowest BCUT2D eigenvalue weighted by Gasteiger charge is -2.10. The Kier molecular flexibility index (Phi) is 3.08. The molecule has 6 heteroatoms. The van der Waals surface area contributed by atoms with Gasteiger partial charge in [0.05, 0.1) is 24.3 Å². The number of nitrogens with one attached hydrogen (secondary N) is 1. The average molecular weight is 211 g/mol. The average Bonchev–Trinajstić information content (AvgIpc) is 2.14. The van der Waals surface area contributed by atoms with Crippen molar-refractivity contribution in [1.82, 2.24) is 9.97 Å². The molecule has 3 N–H and O–H groups in total. The van der Waals surface area contributed by atoms with Gasteiger partial charge in [-0.15, -0.1) is 0 Å². The molecule has 0 aliphatic heterocycles. The summed E-state index contributed by atoms with van der Waals surface area (Å²) in [7, 11) is 1.27. The number of methoxy groups -OCH3 is 1. The summed E-state index contributed by atoms with van der Waals surface area (Å²) in [5.74, 6) is -1.08. The summed E-state index contributed by atoms with van der Waals surface area (Å²) in [5.41, 5.74) is 5.68. The SMILES string of the molecule is COC(=O)C(C)c1c(C)nc(N)[nH]c1=O. The number of esters is 1. The fraction of sp³-hybridized carbons (Fsp3) is 0.444. The molecule has 6 nitrogen and oxygen atoms in total. The van der Waals surface area contributed by atoms with Crippen LogP contribution in [0.1, 0.15) is 24.1 Å². The predicted octanol–water partition coefficient (Wildman–Crippen LogP) is -0.0630. The third kappa shape index (κ3) is 2.15. The summed E-state index contributed by atoms with van der Waals surface area (Å²) in [4.78, 5) is 29.0. The van der Waals surface area contributed by atoms with Crippen molar-refractivity contribution in [3.05, 3.63) is 21.6 Å². The van der Waals surface area contributed by atoms with Crippen LogP contribution in [0, 0.1) is 6.92 Å². The van der Waals surface area contributed by atoms with Crippen molar-refractivity contribution < 1.29 is 9.53 Å². The second-order valence-corrected chi connectivity index (χ2v) is 3.20. The Morgan fingerprint density at radius 1 is 1.60 bits per heavy atom. The molecular formula is C9H13N3O3. The summed E-state index contributed by atoms with van der Waals surface area (Å²) in [5, 5.41) is 0. The highest BCUT2D eigenvalue weighted by Crippen LogP contribution is 2.15. The van der Waals surface area contributed by atoms with E-state index in [1.54, 1.807) is 13.8 Å². The third-order valence-electron chi connectivity index (χ3n) is 2.15. The smallest absolute Gasteiger partial charge is 0.313 e. The van der Waals surface area contributed by atoms with E-state index in [0.29, 0.717) is 5.69 Å². The maximum atomic E-state index is 11.5. The van der Waals surface area contributed by atoms with Crippen molar-refractivity contribution in [2.75, 3.05) is 12.8 Å². The Morgan fingerprint density at radius 3 is 2.67 bits per heavy atom. The number of H-pyrrole nitrogens is 1. The van der Waals surface area contributed by atoms with Gasteiger partial charge in [-0.25, -0.2) is 4.98 Å². The quantitative estimate of drug-likeness (QED) is 0.667. The van der Waals surface area contributed by atoms with Crippen LogP contribution in [-0.2, 0) is 9.53 Å². The van der Waals surface area contributed by atoms with Crippen LogP contribution in [0.4, 0.5) is 5.95 Å². The second kappa shape index (κ2) is 4.12. The van der Waals surface area contributed by atoms with Crippen molar-refractivity contribution >= 4 is 11.9 Å². The highest BCUT2D eigenvalue weighted by atomic mass is 16.5. The van der Waals surface area contributed by atoms with Crippen LogP contribution in [0.2, 0.25) is 0 Å². The third-order valence-corrected chi connectivity index (χ3v) is 2.15. The van der Waals surface area contributed by atoms with Crippen molar-refractivity contribution in [2.24, 2.45) is 0 Å². The van der Waals surface area contributed by atoms with Gasteiger partial charge in [0.25, 0.3) is 5.56 Å². The molecule has 0 saturated heterocycles. The van der Waals surface area contributed by atoms with Gasteiger partial charge in [-0.1, -0.05) is 0 Å². The zero-order valence-corrected chi connectivity index (χ0v) is 8.83. The summed E-state index contributed by atoms with van der Waals surface area (Å²) in [6.07, 6.45) is 0. The molecule has 1 atom stereocenters. The summed E-state index contributed by atoms with van der Waals surface area (Å²) in [6.45, 7) is 3.21. The van der Waals surface area contributed by atoms with Crippen LogP contribution < -0.4 is 11.3 Å². The number of nitrogens with zero attached hydrogens (tertiary/aromatic N) is 1. The number of anilines is 1. The van der Waals surface area contributed by atoms with Crippen LogP contribution in [-0.4, -0.2) is 23.0 Å². The first-order valence-electron chi connectivity index (χ1n) is 4.41. The minimum absolute atomic E-state index is 0.0401. The lowest BCUT2D eigenvalue weighted by Crippen LogP contribution is -2.24. The van der Waals surface area contributed by atoms with E-state index in [1.807, 2.05) is 0 Å². The van der Waals surface area contributed by atoms with Gasteiger partial charge in [-0.3, -0.25) is 14.6 Å². The second-order valence-electron chi connectivity index (χ2n) is 3.20. The fourth-order valence-corrected chi connectivity index (χ4v) is 1.42. The molecule has 0 bridgehead atoms. The molecule has 0 fully saturated rings. The standard InChI is InChI=1S/C9H13N3O3/c1-4(8(14)15-3)6-5(2)11-9(10)12-7(6)13/h4H,1-3H3,(H3,10,11,12,13). The van der Waals surface area contributed by atoms with E-state index >= 15 is 0 Å². The Balaban J connectivity index is 3.26. The Hall–Kier alpha value is -1.85. The largest absolute Gasteiger partial charge is 0.469 e. The summed E-state index contributed by atoms with van der Waals surface area (Å²) >= 11 is 0. The number of hydrogen-bond acceptors (Lipinski definition) is 5. The number of aryl methyl sites for hydroxylation is 1. The Morgan fingerprint density at radius 2 is 2.20 bits per heavy atom. The van der Waals surface area contributed by atoms with Crippen molar-refractivity contribution in [3.63, 3.8) is 0 Å². The molecular weight excluding hydrogens is 198 g/mol. The van der Waals surface area contributed by atoms with Crippen LogP contribution in [0.15, 0.2) is 4.79 Å². The topological polar surface area (TPSA) is 98.1 Å². The van der Waals surface area contributed by atoms with E-state index in [9.17, 15) is 9.59 Å². The first-order valence-corrected chi connectivity index (χ1v) is 4.41. The maximum absolute atomic E-state index is 11.5. The monoisotopic (exact) mass is 211 g/mol. The minimum Gasteiger partial charge on any atom is -0.469 e. The predicted molar refractivity (Wildman–Crippen MR) is 54.4 cm³/mol. The van der Waals surface area contributed by atoms with E-state index in [4.69, 9.17) is 5.73 Å². The van der Waals surface area contributed by atoms with Crippen molar-refractivity contribution in [1.29, 1.82) is 0 Å². The van der Waals surface area contributed by atoms with Gasteiger partial charge in [0.2, 0.25) is 5.95 Å². The first kappa shape index (κ1) is 11.2. The molecule has 82 valence electrons. The van der Waals surface area contributed by atoms with Crippen LogP contribution in [0.5, 0.6) is 0 Å². The number of aromatic amines is 1. The summed E-state index contributed by atoms with van der Waals surface area (Å²) < 4.78 is 4.56. The number of ether oxygens (including phenoxy) is 1. The van der Waals surface area contributed by atoms with E-state index in [0.717, 1.165) is 0 Å². The van der Waals surface area contributed by atoms with Gasteiger partial charge < -0.3 is 10.5 Å². The normalized spacial score (nSPS) is 12.2. The van der Waals surface area contributed by atoms with Crippen LogP contribution in [0.25, 0.3) is 0 Å². The molecule has 15 heavy (non-hydrogen) atoms. The molecule has 0 radical (unpaired) electrons. The van der Waals surface area contributed by atoms with Gasteiger partial charge in [-0.05, 0) is 13.8 Å². The Bertz CT molecular complexity index is 439. The van der Waals surface area contributed by atoms with E-state index in [2.05, 4.69) is 14.7 Å². The minimum atomic E-state index is -0.646. The Labute approximate surface area is 86.5 Å². The number of nitrogens with two attached hydrogens (primary N) is 1. The molecule has 0 amide bonds. The number of carbonyl (C=O) groups is 1. The zero-order valence-electron chi connectivity index (χ0n) is 8.83. The number of nitrogen functional groups attached to an aromatic ring is 1. The molecule has 1 rings (SSSR count). The van der Waals surface area contributed by atoms with E-state index in [1.165, 1.54) is 7.11 Å². The maximum Gasteiger partial charge on any atom is 0.313 e. The molecule has 1 unspecified atom stereocenters. The van der Waals surface area contributed by atoms with Gasteiger partial charge in [0.15, 0.2) is 0 Å². The van der Waals surface area contributed by atoms with E-state index < -0.39 is 17.4 Å². The molecule has 0 aliphatic carbocycles. The number of rotatable bonds is 2. The van der Waals surface area contributed by atoms with Crippen LogP contribution in [0.3, 0.4) is 0 Å². The lowest BCUT2D eigenvalue weighted by molar-refractivity contribution is -0.142. The number of hydrogen-bond donors (Lipinski definition) is 2. The lowest BCUT2D eigenvalue weighted by atomic mass is 10.0. The fourth-order valence-electron chi connectivity index (χ4n) is 1.42. The molecule has 0 aliphatic rings. The van der Waals surface area contributed by atoms with Crippen molar-refractivity contribution in [3.8, 4) is 0 Å². The highest BCUT2D eigenvalue weighted by molar-refractivity contribution is 5.77. The number of carbonyl (C=O) groups excluding carboxylic acids is 1. The van der Waals surface area contributed by atoms with Gasteiger partial charge in [0, 0.05) is 0 Å². The van der Waals surface area contributed by atoms with Crippen LogP contribution >= 0.6 is 0 Å². The molecule has 0 spiro atoms. The van der Waals surface area contributed by atoms with E-state index in [-0.39, 0.29) is 11.5 Å². The van der Waals surface area contributed by atoms with Gasteiger partial charge in [0.1, 0.15) is 0 Å². The summed E-state index contributed by atoms with van der Waals surface area (Å²) in [6, 6.07) is 0. The van der Waals surface area contributed by atoms with Gasteiger partial charge >= 0.3 is 5.97 Å². The van der Waals surface area contributed by atoms with Gasteiger partial charge in [-0.2, -0.15) is 0 Å². The highest BCUT2D eigenvalue weighted by Gasteiger charge is 2.22. The number of aromatic nitrogens is 2. The molecule has 0 aromatic carbocycles. The molecule has 1 aromatic rings. The zero-order chi connectivity index (χ0) is 11.6. The molecule has 1 aromatic heterocycles. The molecule has 0 saturated carbocycles. The first-order chi connectivity index (χ1) is 6.97. The molecule has 1 heterocycles.